The molecule has 2 atom stereocenters. The Hall–Kier alpha value is 0.230. The first-order valence-electron chi connectivity index (χ1n) is 8.22. The molecule has 2 fully saturated rings. The van der Waals surface area contributed by atoms with Crippen LogP contribution in [0.1, 0.15) is 52.9 Å². The lowest BCUT2D eigenvalue weighted by Gasteiger charge is -2.48. The van der Waals surface area contributed by atoms with E-state index in [9.17, 15) is 0 Å². The van der Waals surface area contributed by atoms with Gasteiger partial charge >= 0.3 is 0 Å². The summed E-state index contributed by atoms with van der Waals surface area (Å²) in [4.78, 5) is 2.69. The summed E-state index contributed by atoms with van der Waals surface area (Å²) in [5.74, 6) is 1.23. The van der Waals surface area contributed by atoms with Gasteiger partial charge in [0.05, 0.1) is 6.10 Å². The molecule has 118 valence electrons. The van der Waals surface area contributed by atoms with Crippen molar-refractivity contribution in [3.05, 3.63) is 0 Å². The summed E-state index contributed by atoms with van der Waals surface area (Å²) in [5.41, 5.74) is 6.44. The van der Waals surface area contributed by atoms with Crippen LogP contribution in [0.2, 0.25) is 0 Å². The van der Waals surface area contributed by atoms with Gasteiger partial charge in [0.2, 0.25) is 0 Å². The summed E-state index contributed by atoms with van der Waals surface area (Å²) in [7, 11) is 0. The van der Waals surface area contributed by atoms with Gasteiger partial charge < -0.3 is 10.5 Å². The maximum atomic E-state index is 6.24. The minimum absolute atomic E-state index is 0.194. The molecule has 0 radical (unpaired) electrons. The van der Waals surface area contributed by atoms with Crippen LogP contribution in [0.25, 0.3) is 0 Å². The molecule has 0 aromatic rings. The lowest BCUT2D eigenvalue weighted by Crippen LogP contribution is -2.59. The molecular weight excluding hydrogens is 268 g/mol. The van der Waals surface area contributed by atoms with Gasteiger partial charge in [0.15, 0.2) is 0 Å². The van der Waals surface area contributed by atoms with Crippen molar-refractivity contribution in [1.29, 1.82) is 0 Å². The highest BCUT2D eigenvalue weighted by molar-refractivity contribution is 8.00. The van der Waals surface area contributed by atoms with Gasteiger partial charge in [-0.3, -0.25) is 4.90 Å². The highest BCUT2D eigenvalue weighted by atomic mass is 32.2. The number of rotatable bonds is 4. The van der Waals surface area contributed by atoms with Gasteiger partial charge in [-0.2, -0.15) is 11.8 Å². The maximum absolute atomic E-state index is 6.24. The summed E-state index contributed by atoms with van der Waals surface area (Å²) >= 11 is 2.12. The Labute approximate surface area is 129 Å². The van der Waals surface area contributed by atoms with Crippen LogP contribution < -0.4 is 5.73 Å². The van der Waals surface area contributed by atoms with Gasteiger partial charge in [-0.05, 0) is 25.7 Å². The molecular formula is C16H32N2OS. The van der Waals surface area contributed by atoms with Crippen LogP contribution >= 0.6 is 11.8 Å². The smallest absolute Gasteiger partial charge is 0.0593 e. The monoisotopic (exact) mass is 300 g/mol. The van der Waals surface area contributed by atoms with Crippen LogP contribution in [-0.4, -0.2) is 53.3 Å². The molecule has 2 rings (SSSR count). The second kappa shape index (κ2) is 6.99. The third-order valence-electron chi connectivity index (χ3n) is 5.03. The van der Waals surface area contributed by atoms with Crippen LogP contribution in [0.5, 0.6) is 0 Å². The van der Waals surface area contributed by atoms with E-state index in [-0.39, 0.29) is 5.54 Å². The topological polar surface area (TPSA) is 38.5 Å². The molecule has 0 bridgehead atoms. The Morgan fingerprint density at radius 3 is 2.80 bits per heavy atom. The second-order valence-corrected chi connectivity index (χ2v) is 8.81. The number of nitrogens with zero attached hydrogens (tertiary/aromatic N) is 1. The summed E-state index contributed by atoms with van der Waals surface area (Å²) in [5, 5.41) is 0. The van der Waals surface area contributed by atoms with Gasteiger partial charge in [0.1, 0.15) is 0 Å². The van der Waals surface area contributed by atoms with E-state index in [1.807, 2.05) is 0 Å². The van der Waals surface area contributed by atoms with Crippen molar-refractivity contribution >= 4 is 11.8 Å². The first kappa shape index (κ1) is 16.6. The molecule has 4 heteroatoms. The van der Waals surface area contributed by atoms with E-state index in [0.29, 0.717) is 10.9 Å². The Kier molecular flexibility index (Phi) is 5.80. The molecule has 0 aromatic heterocycles. The lowest BCUT2D eigenvalue weighted by molar-refractivity contribution is -0.0724. The average Bonchev–Trinajstić information content (AvgIpc) is 2.60. The largest absolute Gasteiger partial charge is 0.378 e. The van der Waals surface area contributed by atoms with Crippen molar-refractivity contribution in [2.45, 2.75) is 69.3 Å². The van der Waals surface area contributed by atoms with E-state index in [2.05, 4.69) is 37.4 Å². The molecule has 0 amide bonds. The molecule has 2 N–H and O–H groups in total. The quantitative estimate of drug-likeness (QED) is 0.866. The Balaban J connectivity index is 2.05. The predicted octanol–water partition coefficient (Wildman–Crippen LogP) is 2.88. The van der Waals surface area contributed by atoms with E-state index in [0.717, 1.165) is 26.0 Å². The molecule has 0 aliphatic carbocycles. The first-order chi connectivity index (χ1) is 9.51. The van der Waals surface area contributed by atoms with Crippen LogP contribution in [0.3, 0.4) is 0 Å². The third-order valence-corrected chi connectivity index (χ3v) is 6.40. The van der Waals surface area contributed by atoms with Crippen molar-refractivity contribution in [2.24, 2.45) is 5.73 Å². The molecule has 3 nitrogen and oxygen atoms in total. The molecule has 2 heterocycles. The van der Waals surface area contributed by atoms with E-state index in [1.165, 1.54) is 38.1 Å². The van der Waals surface area contributed by atoms with E-state index >= 15 is 0 Å². The molecule has 2 aliphatic heterocycles. The fourth-order valence-corrected chi connectivity index (χ4v) is 4.70. The van der Waals surface area contributed by atoms with Crippen molar-refractivity contribution in [1.82, 2.24) is 4.90 Å². The van der Waals surface area contributed by atoms with Gasteiger partial charge in [-0.15, -0.1) is 0 Å². The number of hydrogen-bond acceptors (Lipinski definition) is 4. The minimum Gasteiger partial charge on any atom is -0.378 e. The summed E-state index contributed by atoms with van der Waals surface area (Å²) in [6, 6.07) is 0. The Bertz CT molecular complexity index is 309. The summed E-state index contributed by atoms with van der Waals surface area (Å²) in [6.07, 6.45) is 6.29. The predicted molar refractivity (Wildman–Crippen MR) is 88.4 cm³/mol. The van der Waals surface area contributed by atoms with Crippen molar-refractivity contribution < 1.29 is 4.74 Å². The van der Waals surface area contributed by atoms with Crippen molar-refractivity contribution in [3.8, 4) is 0 Å². The van der Waals surface area contributed by atoms with E-state index in [4.69, 9.17) is 10.5 Å². The van der Waals surface area contributed by atoms with Crippen LogP contribution in [0, 0.1) is 0 Å². The molecule has 2 saturated heterocycles. The van der Waals surface area contributed by atoms with E-state index in [1.54, 1.807) is 0 Å². The zero-order chi connectivity index (χ0) is 14.6. The molecule has 0 aromatic carbocycles. The number of ether oxygens (including phenoxy) is 1. The Morgan fingerprint density at radius 2 is 2.10 bits per heavy atom. The fraction of sp³-hybridized carbons (Fsp3) is 1.00. The van der Waals surface area contributed by atoms with Gasteiger partial charge in [-0.25, -0.2) is 0 Å². The molecule has 2 unspecified atom stereocenters. The summed E-state index contributed by atoms with van der Waals surface area (Å²) in [6.45, 7) is 11.0. The lowest BCUT2D eigenvalue weighted by atomic mass is 9.83. The first-order valence-corrected chi connectivity index (χ1v) is 9.20. The maximum Gasteiger partial charge on any atom is 0.0593 e. The van der Waals surface area contributed by atoms with Crippen LogP contribution in [-0.2, 0) is 4.74 Å². The number of thioether (sulfide) groups is 1. The van der Waals surface area contributed by atoms with Crippen LogP contribution in [0.15, 0.2) is 0 Å². The zero-order valence-corrected chi connectivity index (χ0v) is 14.3. The van der Waals surface area contributed by atoms with Gasteiger partial charge in [0, 0.05) is 42.3 Å². The molecule has 0 saturated carbocycles. The SMILES string of the molecule is CCCC1CC(CN)(N2CCSC(C)(C)CC2)CCO1. The van der Waals surface area contributed by atoms with Crippen LogP contribution in [0.4, 0.5) is 0 Å². The fourth-order valence-electron chi connectivity index (χ4n) is 3.60. The highest BCUT2D eigenvalue weighted by Crippen LogP contribution is 2.37. The van der Waals surface area contributed by atoms with E-state index < -0.39 is 0 Å². The molecule has 0 spiro atoms. The Morgan fingerprint density at radius 1 is 1.30 bits per heavy atom. The minimum atomic E-state index is 0.194. The van der Waals surface area contributed by atoms with Gasteiger partial charge in [-0.1, -0.05) is 27.2 Å². The normalized spacial score (nSPS) is 35.7. The number of nitrogens with two attached hydrogens (primary N) is 1. The average molecular weight is 301 g/mol. The highest BCUT2D eigenvalue weighted by Gasteiger charge is 2.41. The van der Waals surface area contributed by atoms with Crippen molar-refractivity contribution in [3.63, 3.8) is 0 Å². The zero-order valence-electron chi connectivity index (χ0n) is 13.5. The molecule has 20 heavy (non-hydrogen) atoms. The number of hydrogen-bond donors (Lipinski definition) is 1. The van der Waals surface area contributed by atoms with Crippen molar-refractivity contribution in [2.75, 3.05) is 32.0 Å². The standard InChI is InChI=1S/C16H32N2OS/c1-4-5-14-12-16(13-17,7-10-19-14)18-8-6-15(2,3)20-11-9-18/h14H,4-13,17H2,1-3H3. The molecule has 2 aliphatic rings. The second-order valence-electron chi connectivity index (χ2n) is 7.01. The third kappa shape index (κ3) is 3.90. The summed E-state index contributed by atoms with van der Waals surface area (Å²) < 4.78 is 6.37. The van der Waals surface area contributed by atoms with Gasteiger partial charge in [0.25, 0.3) is 0 Å².